The zero-order valence-corrected chi connectivity index (χ0v) is 9.75. The number of halogens is 1. The molecule has 0 radical (unpaired) electrons. The Labute approximate surface area is 97.3 Å². The summed E-state index contributed by atoms with van der Waals surface area (Å²) in [6, 6.07) is 0.963. The molecule has 1 aliphatic rings. The molecule has 1 fully saturated rings. The fourth-order valence-corrected chi connectivity index (χ4v) is 4.12. The molecule has 2 heterocycles. The topological polar surface area (TPSA) is 91.9 Å². The zero-order chi connectivity index (χ0) is 11.8. The van der Waals surface area contributed by atoms with Gasteiger partial charge in [0.15, 0.2) is 9.84 Å². The fraction of sp³-hybridized carbons (Fsp3) is 0.500. The highest BCUT2D eigenvalue weighted by atomic mass is 35.5. The first-order chi connectivity index (χ1) is 7.48. The molecule has 2 N–H and O–H groups in total. The summed E-state index contributed by atoms with van der Waals surface area (Å²) in [5.41, 5.74) is 0.285. The molecule has 0 saturated carbocycles. The Morgan fingerprint density at radius 3 is 2.81 bits per heavy atom. The van der Waals surface area contributed by atoms with Gasteiger partial charge < -0.3 is 5.32 Å². The van der Waals surface area contributed by atoms with Gasteiger partial charge in [-0.15, -0.1) is 11.6 Å². The second-order valence-corrected chi connectivity index (χ2v) is 6.36. The summed E-state index contributed by atoms with van der Waals surface area (Å²) in [5.74, 6) is -0.603. The molecule has 1 aliphatic heterocycles. The Balaban J connectivity index is 2.04. The molecule has 8 heteroatoms. The van der Waals surface area contributed by atoms with Gasteiger partial charge in [0.2, 0.25) is 0 Å². The van der Waals surface area contributed by atoms with E-state index in [-0.39, 0.29) is 17.2 Å². The molecule has 1 aromatic rings. The number of hydrogen-bond donors (Lipinski definition) is 2. The van der Waals surface area contributed by atoms with Gasteiger partial charge in [-0.3, -0.25) is 9.89 Å². The molecule has 0 bridgehead atoms. The van der Waals surface area contributed by atoms with Gasteiger partial charge >= 0.3 is 0 Å². The molecule has 0 aliphatic carbocycles. The smallest absolute Gasteiger partial charge is 0.269 e. The van der Waals surface area contributed by atoms with E-state index in [1.807, 2.05) is 0 Å². The first kappa shape index (κ1) is 11.4. The van der Waals surface area contributed by atoms with Crippen molar-refractivity contribution in [3.63, 3.8) is 0 Å². The molecule has 6 nitrogen and oxygen atoms in total. The van der Waals surface area contributed by atoms with Crippen LogP contribution in [-0.2, 0) is 9.84 Å². The van der Waals surface area contributed by atoms with Crippen molar-refractivity contribution >= 4 is 27.3 Å². The van der Waals surface area contributed by atoms with Gasteiger partial charge in [-0.25, -0.2) is 8.42 Å². The van der Waals surface area contributed by atoms with Crippen LogP contribution in [0.25, 0.3) is 0 Å². The number of H-pyrrole nitrogens is 1. The summed E-state index contributed by atoms with van der Waals surface area (Å²) < 4.78 is 22.5. The molecule has 2 unspecified atom stereocenters. The number of hydrogen-bond acceptors (Lipinski definition) is 4. The minimum absolute atomic E-state index is 0.0948. The van der Waals surface area contributed by atoms with Gasteiger partial charge in [-0.1, -0.05) is 0 Å². The summed E-state index contributed by atoms with van der Waals surface area (Å²) in [7, 11) is -3.13. The molecule has 16 heavy (non-hydrogen) atoms. The number of carbonyl (C=O) groups is 1. The minimum atomic E-state index is -3.13. The highest BCUT2D eigenvalue weighted by molar-refractivity contribution is 7.91. The maximum Gasteiger partial charge on any atom is 0.269 e. The molecular formula is C8H10ClN3O3S. The number of amides is 1. The van der Waals surface area contributed by atoms with E-state index in [9.17, 15) is 13.2 Å². The quantitative estimate of drug-likeness (QED) is 0.707. The van der Waals surface area contributed by atoms with Crippen molar-refractivity contribution in [1.29, 1.82) is 0 Å². The summed E-state index contributed by atoms with van der Waals surface area (Å²) in [6.07, 6.45) is 1.44. The van der Waals surface area contributed by atoms with Crippen molar-refractivity contribution in [1.82, 2.24) is 15.5 Å². The van der Waals surface area contributed by atoms with Gasteiger partial charge in [0.1, 0.15) is 5.69 Å². The Morgan fingerprint density at radius 2 is 2.31 bits per heavy atom. The van der Waals surface area contributed by atoms with Crippen molar-refractivity contribution < 1.29 is 13.2 Å². The molecule has 2 rings (SSSR count). The van der Waals surface area contributed by atoms with Gasteiger partial charge in [-0.05, 0) is 6.07 Å². The van der Waals surface area contributed by atoms with Crippen LogP contribution in [0.3, 0.4) is 0 Å². The summed E-state index contributed by atoms with van der Waals surface area (Å²) in [5, 5.41) is 8.11. The Bertz CT molecular complexity index is 485. The molecule has 88 valence electrons. The van der Waals surface area contributed by atoms with Gasteiger partial charge in [0.05, 0.1) is 22.9 Å². The number of sulfone groups is 1. The monoisotopic (exact) mass is 263 g/mol. The van der Waals surface area contributed by atoms with Gasteiger partial charge in [0.25, 0.3) is 5.91 Å². The molecular weight excluding hydrogens is 254 g/mol. The SMILES string of the molecule is O=C(NC1CS(=O)(=O)CC1Cl)c1ccn[nH]1. The first-order valence-electron chi connectivity index (χ1n) is 4.63. The highest BCUT2D eigenvalue weighted by Crippen LogP contribution is 2.18. The van der Waals surface area contributed by atoms with Crippen LogP contribution in [0.4, 0.5) is 0 Å². The predicted octanol–water partition coefficient (Wildman–Crippen LogP) is -0.456. The standard InChI is InChI=1S/C8H10ClN3O3S/c9-5-3-16(14,15)4-7(5)11-8(13)6-1-2-10-12-6/h1-2,5,7H,3-4H2,(H,10,12)(H,11,13). The van der Waals surface area contributed by atoms with E-state index < -0.39 is 27.2 Å². The number of nitrogens with zero attached hydrogens (tertiary/aromatic N) is 1. The largest absolute Gasteiger partial charge is 0.345 e. The maximum atomic E-state index is 11.6. The van der Waals surface area contributed by atoms with Crippen LogP contribution in [0.1, 0.15) is 10.5 Å². The second-order valence-electron chi connectivity index (χ2n) is 3.64. The second kappa shape index (κ2) is 4.06. The summed E-state index contributed by atoms with van der Waals surface area (Å²) >= 11 is 5.85. The minimum Gasteiger partial charge on any atom is -0.345 e. The first-order valence-corrected chi connectivity index (χ1v) is 6.88. The Morgan fingerprint density at radius 1 is 1.56 bits per heavy atom. The van der Waals surface area contributed by atoms with Crippen LogP contribution < -0.4 is 5.32 Å². The van der Waals surface area contributed by atoms with E-state index in [1.54, 1.807) is 0 Å². The third-order valence-electron chi connectivity index (χ3n) is 2.35. The van der Waals surface area contributed by atoms with Crippen LogP contribution in [0.5, 0.6) is 0 Å². The normalized spacial score (nSPS) is 27.8. The van der Waals surface area contributed by atoms with Gasteiger partial charge in [0, 0.05) is 6.20 Å². The van der Waals surface area contributed by atoms with Crippen molar-refractivity contribution in [3.05, 3.63) is 18.0 Å². The van der Waals surface area contributed by atoms with Crippen LogP contribution in [-0.4, -0.2) is 47.4 Å². The number of alkyl halides is 1. The van der Waals surface area contributed by atoms with E-state index in [4.69, 9.17) is 11.6 Å². The average Bonchev–Trinajstić information content (AvgIpc) is 2.74. The third kappa shape index (κ3) is 2.35. The molecule has 1 saturated heterocycles. The van der Waals surface area contributed by atoms with E-state index in [2.05, 4.69) is 15.5 Å². The van der Waals surface area contributed by atoms with Crippen LogP contribution >= 0.6 is 11.6 Å². The number of rotatable bonds is 2. The Kier molecular flexibility index (Phi) is 2.90. The van der Waals surface area contributed by atoms with Crippen molar-refractivity contribution in [2.75, 3.05) is 11.5 Å². The van der Waals surface area contributed by atoms with Crippen LogP contribution in [0.15, 0.2) is 12.3 Å². The third-order valence-corrected chi connectivity index (χ3v) is 4.72. The lowest BCUT2D eigenvalue weighted by molar-refractivity contribution is 0.0936. The Hall–Kier alpha value is -1.08. The van der Waals surface area contributed by atoms with E-state index in [1.165, 1.54) is 12.3 Å². The number of carbonyl (C=O) groups excluding carboxylic acids is 1. The lowest BCUT2D eigenvalue weighted by Crippen LogP contribution is -2.40. The maximum absolute atomic E-state index is 11.6. The van der Waals surface area contributed by atoms with E-state index in [0.29, 0.717) is 0 Å². The van der Waals surface area contributed by atoms with E-state index >= 15 is 0 Å². The van der Waals surface area contributed by atoms with Gasteiger partial charge in [-0.2, -0.15) is 5.10 Å². The van der Waals surface area contributed by atoms with Crippen molar-refractivity contribution in [2.24, 2.45) is 0 Å². The molecule has 1 aromatic heterocycles. The molecule has 1 amide bonds. The fourth-order valence-electron chi connectivity index (χ4n) is 1.57. The lowest BCUT2D eigenvalue weighted by atomic mass is 10.2. The lowest BCUT2D eigenvalue weighted by Gasteiger charge is -2.13. The predicted molar refractivity (Wildman–Crippen MR) is 58.1 cm³/mol. The van der Waals surface area contributed by atoms with Crippen LogP contribution in [0, 0.1) is 0 Å². The number of nitrogens with one attached hydrogen (secondary N) is 2. The average molecular weight is 264 g/mol. The van der Waals surface area contributed by atoms with Crippen LogP contribution in [0.2, 0.25) is 0 Å². The molecule has 0 spiro atoms. The zero-order valence-electron chi connectivity index (χ0n) is 8.18. The number of aromatic amines is 1. The van der Waals surface area contributed by atoms with E-state index in [0.717, 1.165) is 0 Å². The van der Waals surface area contributed by atoms with Crippen molar-refractivity contribution in [3.8, 4) is 0 Å². The van der Waals surface area contributed by atoms with Crippen molar-refractivity contribution in [2.45, 2.75) is 11.4 Å². The molecule has 0 aromatic carbocycles. The summed E-state index contributed by atoms with van der Waals surface area (Å²) in [4.78, 5) is 11.6. The number of aromatic nitrogens is 2. The molecule has 2 atom stereocenters. The highest BCUT2D eigenvalue weighted by Gasteiger charge is 2.37. The summed E-state index contributed by atoms with van der Waals surface area (Å²) in [6.45, 7) is 0.